The lowest BCUT2D eigenvalue weighted by Gasteiger charge is -2.36. The number of aromatic nitrogens is 1. The maximum atomic E-state index is 13.0. The van der Waals surface area contributed by atoms with E-state index in [9.17, 15) is 17.6 Å². The zero-order valence-corrected chi connectivity index (χ0v) is 20.0. The molecule has 4 rings (SSSR count). The van der Waals surface area contributed by atoms with Crippen LogP contribution in [0, 0.1) is 5.82 Å². The highest BCUT2D eigenvalue weighted by Gasteiger charge is 2.22. The average molecular weight is 509 g/mol. The van der Waals surface area contributed by atoms with Crippen LogP contribution in [0.4, 0.5) is 15.2 Å². The van der Waals surface area contributed by atoms with Gasteiger partial charge in [-0.25, -0.2) is 17.8 Å². The molecule has 0 saturated carbocycles. The molecule has 0 atom stereocenters. The van der Waals surface area contributed by atoms with Crippen molar-refractivity contribution in [3.63, 3.8) is 0 Å². The van der Waals surface area contributed by atoms with E-state index in [2.05, 4.69) is 14.6 Å². The number of sulfonamides is 1. The van der Waals surface area contributed by atoms with Crippen molar-refractivity contribution in [1.29, 1.82) is 0 Å². The predicted molar refractivity (Wildman–Crippen MR) is 128 cm³/mol. The highest BCUT2D eigenvalue weighted by molar-refractivity contribution is 7.93. The summed E-state index contributed by atoms with van der Waals surface area (Å²) < 4.78 is 40.2. The number of nitrogens with zero attached hydrogens (tertiary/aromatic N) is 3. The Kier molecular flexibility index (Phi) is 7.16. The molecule has 0 spiro atoms. The normalized spacial score (nSPS) is 14.4. The summed E-state index contributed by atoms with van der Waals surface area (Å²) in [6, 6.07) is 12.2. The average Bonchev–Trinajstić information content (AvgIpc) is 3.24. The number of aryl methyl sites for hydroxylation is 1. The van der Waals surface area contributed by atoms with Gasteiger partial charge < -0.3 is 9.80 Å². The van der Waals surface area contributed by atoms with E-state index >= 15 is 0 Å². The molecule has 1 N–H and O–H groups in total. The summed E-state index contributed by atoms with van der Waals surface area (Å²) in [5.41, 5.74) is 1.69. The molecule has 1 aliphatic rings. The number of amides is 1. The number of carbonyl (C=O) groups is 1. The van der Waals surface area contributed by atoms with Crippen molar-refractivity contribution in [2.45, 2.75) is 17.7 Å². The molecule has 7 nitrogen and oxygen atoms in total. The highest BCUT2D eigenvalue weighted by atomic mass is 35.5. The van der Waals surface area contributed by atoms with E-state index in [1.165, 1.54) is 12.1 Å². The Labute approximate surface area is 200 Å². The van der Waals surface area contributed by atoms with Gasteiger partial charge in [-0.05, 0) is 48.9 Å². The maximum Gasteiger partial charge on any atom is 0.263 e. The molecule has 2 aromatic carbocycles. The molecule has 174 valence electrons. The lowest BCUT2D eigenvalue weighted by Crippen LogP contribution is -2.48. The van der Waals surface area contributed by atoms with E-state index in [0.717, 1.165) is 42.2 Å². The van der Waals surface area contributed by atoms with Gasteiger partial charge in [0, 0.05) is 48.7 Å². The van der Waals surface area contributed by atoms with E-state index in [0.29, 0.717) is 36.6 Å². The lowest BCUT2D eigenvalue weighted by molar-refractivity contribution is -0.131. The minimum absolute atomic E-state index is 0.0437. The monoisotopic (exact) mass is 508 g/mol. The number of hydrogen-bond donors (Lipinski definition) is 1. The number of nitrogens with one attached hydrogen (secondary N) is 1. The fraction of sp³-hybridized carbons (Fsp3) is 0.273. The van der Waals surface area contributed by atoms with Gasteiger partial charge >= 0.3 is 0 Å². The van der Waals surface area contributed by atoms with Gasteiger partial charge in [0.15, 0.2) is 5.13 Å². The van der Waals surface area contributed by atoms with Crippen LogP contribution in [-0.2, 0) is 21.2 Å². The zero-order chi connectivity index (χ0) is 23.4. The Morgan fingerprint density at radius 3 is 2.55 bits per heavy atom. The lowest BCUT2D eigenvalue weighted by atomic mass is 10.2. The maximum absolute atomic E-state index is 13.0. The fourth-order valence-electron chi connectivity index (χ4n) is 3.54. The van der Waals surface area contributed by atoms with Crippen LogP contribution in [0.2, 0.25) is 5.02 Å². The summed E-state index contributed by atoms with van der Waals surface area (Å²) in [7, 11) is -3.85. The molecule has 2 heterocycles. The fourth-order valence-corrected chi connectivity index (χ4v) is 5.72. The number of thiazole rings is 1. The Morgan fingerprint density at radius 1 is 1.12 bits per heavy atom. The van der Waals surface area contributed by atoms with E-state index in [-0.39, 0.29) is 15.9 Å². The van der Waals surface area contributed by atoms with Crippen molar-refractivity contribution < 1.29 is 17.6 Å². The summed E-state index contributed by atoms with van der Waals surface area (Å²) in [5, 5.41) is 2.62. The summed E-state index contributed by atoms with van der Waals surface area (Å²) in [5.74, 6) is -0.469. The molecule has 0 bridgehead atoms. The molecule has 0 aliphatic carbocycles. The standard InChI is InChI=1S/C22H22ClFN4O3S2/c23-16-2-1-3-19(14-16)27-10-12-28(13-11-27)21(29)9-6-18-15-32-22(25-18)26-33(30,31)20-7-4-17(24)5-8-20/h1-5,7-8,14-15H,6,9-13H2,(H,25,26). The van der Waals surface area contributed by atoms with Gasteiger partial charge in [-0.3, -0.25) is 9.52 Å². The topological polar surface area (TPSA) is 82.6 Å². The van der Waals surface area contributed by atoms with E-state index in [4.69, 9.17) is 11.6 Å². The number of carbonyl (C=O) groups excluding carboxylic acids is 1. The second kappa shape index (κ2) is 10.1. The van der Waals surface area contributed by atoms with Crippen molar-refractivity contribution in [3.05, 3.63) is 70.4 Å². The molecule has 1 aliphatic heterocycles. The van der Waals surface area contributed by atoms with Gasteiger partial charge in [0.2, 0.25) is 5.91 Å². The van der Waals surface area contributed by atoms with Gasteiger partial charge in [-0.2, -0.15) is 0 Å². The largest absolute Gasteiger partial charge is 0.368 e. The zero-order valence-electron chi connectivity index (χ0n) is 17.6. The second-order valence-corrected chi connectivity index (χ2v) is 10.5. The summed E-state index contributed by atoms with van der Waals surface area (Å²) in [6.45, 7) is 2.73. The van der Waals surface area contributed by atoms with Crippen LogP contribution < -0.4 is 9.62 Å². The summed E-state index contributed by atoms with van der Waals surface area (Å²) in [6.07, 6.45) is 0.715. The molecular weight excluding hydrogens is 487 g/mol. The molecule has 33 heavy (non-hydrogen) atoms. The van der Waals surface area contributed by atoms with E-state index in [1.54, 1.807) is 5.38 Å². The number of hydrogen-bond acceptors (Lipinski definition) is 6. The van der Waals surface area contributed by atoms with Crippen molar-refractivity contribution >= 4 is 49.7 Å². The first kappa shape index (κ1) is 23.5. The molecule has 1 aromatic heterocycles. The number of rotatable bonds is 7. The molecule has 11 heteroatoms. The van der Waals surface area contributed by atoms with Gasteiger partial charge in [-0.1, -0.05) is 17.7 Å². The van der Waals surface area contributed by atoms with Crippen molar-refractivity contribution in [3.8, 4) is 0 Å². The number of piperazine rings is 1. The Morgan fingerprint density at radius 2 is 1.85 bits per heavy atom. The Balaban J connectivity index is 1.27. The van der Waals surface area contributed by atoms with Gasteiger partial charge in [-0.15, -0.1) is 11.3 Å². The van der Waals surface area contributed by atoms with Gasteiger partial charge in [0.05, 0.1) is 10.6 Å². The molecule has 1 amide bonds. The van der Waals surface area contributed by atoms with Crippen molar-refractivity contribution in [2.75, 3.05) is 35.8 Å². The van der Waals surface area contributed by atoms with Crippen LogP contribution in [0.3, 0.4) is 0 Å². The quantitative estimate of drug-likeness (QED) is 0.521. The van der Waals surface area contributed by atoms with Crippen molar-refractivity contribution in [1.82, 2.24) is 9.88 Å². The van der Waals surface area contributed by atoms with E-state index in [1.807, 2.05) is 29.2 Å². The van der Waals surface area contributed by atoms with Crippen LogP contribution in [-0.4, -0.2) is 50.4 Å². The molecule has 0 radical (unpaired) electrons. The van der Waals surface area contributed by atoms with E-state index < -0.39 is 15.8 Å². The molecule has 3 aromatic rings. The minimum atomic E-state index is -3.85. The molecular formula is C22H22ClFN4O3S2. The van der Waals surface area contributed by atoms with Crippen LogP contribution in [0.25, 0.3) is 0 Å². The van der Waals surface area contributed by atoms with Crippen LogP contribution in [0.5, 0.6) is 0 Å². The Bertz CT molecular complexity index is 1230. The predicted octanol–water partition coefficient (Wildman–Crippen LogP) is 4.02. The summed E-state index contributed by atoms with van der Waals surface area (Å²) >= 11 is 7.21. The van der Waals surface area contributed by atoms with Gasteiger partial charge in [0.1, 0.15) is 5.82 Å². The third kappa shape index (κ3) is 6.01. The first-order valence-electron chi connectivity index (χ1n) is 10.3. The third-order valence-corrected chi connectivity index (χ3v) is 7.82. The number of halogens is 2. The number of benzene rings is 2. The minimum Gasteiger partial charge on any atom is -0.368 e. The highest BCUT2D eigenvalue weighted by Crippen LogP contribution is 2.23. The first-order valence-corrected chi connectivity index (χ1v) is 13.1. The smallest absolute Gasteiger partial charge is 0.263 e. The third-order valence-electron chi connectivity index (χ3n) is 5.30. The molecule has 0 unspecified atom stereocenters. The Hall–Kier alpha value is -2.69. The van der Waals surface area contributed by atoms with Crippen molar-refractivity contribution in [2.24, 2.45) is 0 Å². The van der Waals surface area contributed by atoms with Crippen LogP contribution >= 0.6 is 22.9 Å². The van der Waals surface area contributed by atoms with Crippen LogP contribution in [0.15, 0.2) is 58.8 Å². The first-order chi connectivity index (χ1) is 15.8. The van der Waals surface area contributed by atoms with Crippen LogP contribution in [0.1, 0.15) is 12.1 Å². The summed E-state index contributed by atoms with van der Waals surface area (Å²) in [4.78, 5) is 20.9. The van der Waals surface area contributed by atoms with Gasteiger partial charge in [0.25, 0.3) is 10.0 Å². The molecule has 1 fully saturated rings. The SMILES string of the molecule is O=C(CCc1csc(NS(=O)(=O)c2ccc(F)cc2)n1)N1CCN(c2cccc(Cl)c2)CC1. The number of anilines is 2. The molecule has 1 saturated heterocycles. The second-order valence-electron chi connectivity index (χ2n) is 7.55.